The van der Waals surface area contributed by atoms with E-state index in [2.05, 4.69) is 0 Å². The maximum Gasteiger partial charge on any atom is 0.229 e. The van der Waals surface area contributed by atoms with E-state index in [0.29, 0.717) is 6.61 Å². The number of nitrogens with two attached hydrogens (primary N) is 1. The van der Waals surface area contributed by atoms with Crippen LogP contribution < -0.4 is 5.73 Å². The lowest BCUT2D eigenvalue weighted by Gasteiger charge is -2.40. The molecule has 2 N–H and O–H groups in total. The lowest BCUT2D eigenvalue weighted by molar-refractivity contribution is -0.146. The quantitative estimate of drug-likeness (QED) is 0.649. The van der Waals surface area contributed by atoms with Gasteiger partial charge in [-0.15, -0.1) is 0 Å². The van der Waals surface area contributed by atoms with Gasteiger partial charge in [0.1, 0.15) is 11.4 Å². The van der Waals surface area contributed by atoms with E-state index in [-0.39, 0.29) is 17.2 Å². The summed E-state index contributed by atoms with van der Waals surface area (Å²) in [6, 6.07) is 0. The highest BCUT2D eigenvalue weighted by atomic mass is 16.5. The second kappa shape index (κ2) is 2.55. The molecule has 2 aliphatic rings. The van der Waals surface area contributed by atoms with E-state index < -0.39 is 11.4 Å². The summed E-state index contributed by atoms with van der Waals surface area (Å²) in [4.78, 5) is 13.9. The molecule has 2 fully saturated rings. The average molecular weight is 212 g/mol. The van der Waals surface area contributed by atoms with Crippen molar-refractivity contribution >= 4 is 5.91 Å². The highest BCUT2D eigenvalue weighted by Crippen LogP contribution is 2.53. The summed E-state index contributed by atoms with van der Waals surface area (Å²) in [5.41, 5.74) is 4.89. The van der Waals surface area contributed by atoms with Crippen LogP contribution in [0.5, 0.6) is 0 Å². The molecule has 0 saturated carbocycles. The second-order valence-electron chi connectivity index (χ2n) is 5.78. The normalized spacial score (nSPS) is 42.1. The predicted octanol–water partition coefficient (Wildman–Crippen LogP) is 0.912. The molecule has 1 amide bonds. The Balaban J connectivity index is 2.54. The van der Waals surface area contributed by atoms with Crippen molar-refractivity contribution in [1.82, 2.24) is 4.90 Å². The van der Waals surface area contributed by atoms with E-state index in [1.165, 1.54) is 0 Å². The molecule has 2 rings (SSSR count). The first-order chi connectivity index (χ1) is 6.64. The highest BCUT2D eigenvalue weighted by Gasteiger charge is 2.67. The summed E-state index contributed by atoms with van der Waals surface area (Å²) in [6.45, 7) is 10.2. The van der Waals surface area contributed by atoms with Crippen LogP contribution >= 0.6 is 0 Å². The lowest BCUT2D eigenvalue weighted by atomic mass is 9.74. The number of hydrogen-bond acceptors (Lipinski definition) is 3. The minimum Gasteiger partial charge on any atom is -0.352 e. The van der Waals surface area contributed by atoms with Crippen molar-refractivity contribution < 1.29 is 9.53 Å². The Kier molecular flexibility index (Phi) is 1.85. The summed E-state index contributed by atoms with van der Waals surface area (Å²) >= 11 is 0. The smallest absolute Gasteiger partial charge is 0.229 e. The van der Waals surface area contributed by atoms with Gasteiger partial charge in [0.25, 0.3) is 0 Å². The van der Waals surface area contributed by atoms with Gasteiger partial charge < -0.3 is 10.5 Å². The van der Waals surface area contributed by atoms with Crippen molar-refractivity contribution in [3.8, 4) is 0 Å². The van der Waals surface area contributed by atoms with Gasteiger partial charge in [-0.05, 0) is 13.8 Å². The zero-order valence-electron chi connectivity index (χ0n) is 10.1. The summed E-state index contributed by atoms with van der Waals surface area (Å²) in [5, 5.41) is 0. The van der Waals surface area contributed by atoms with Crippen molar-refractivity contribution in [1.29, 1.82) is 0 Å². The van der Waals surface area contributed by atoms with E-state index in [1.807, 2.05) is 34.6 Å². The van der Waals surface area contributed by atoms with Gasteiger partial charge in [-0.25, -0.2) is 0 Å². The molecule has 4 heteroatoms. The Morgan fingerprint density at radius 2 is 1.93 bits per heavy atom. The molecule has 0 aromatic heterocycles. The molecule has 4 nitrogen and oxygen atoms in total. The SMILES string of the molecule is CC1C(=O)N2C(C)(C)OC[C@]2(N)C1(C)C. The van der Waals surface area contributed by atoms with Crippen LogP contribution in [0, 0.1) is 11.3 Å². The molecule has 0 aromatic rings. The monoisotopic (exact) mass is 212 g/mol. The van der Waals surface area contributed by atoms with Gasteiger partial charge >= 0.3 is 0 Å². The van der Waals surface area contributed by atoms with Crippen LogP contribution in [-0.4, -0.2) is 28.8 Å². The molecule has 0 spiro atoms. The van der Waals surface area contributed by atoms with Crippen LogP contribution in [-0.2, 0) is 9.53 Å². The third kappa shape index (κ3) is 1.01. The number of amides is 1. The Bertz CT molecular complexity index is 325. The first kappa shape index (κ1) is 10.9. The largest absolute Gasteiger partial charge is 0.352 e. The third-order valence-corrected chi connectivity index (χ3v) is 4.37. The van der Waals surface area contributed by atoms with Crippen LogP contribution in [0.25, 0.3) is 0 Å². The Morgan fingerprint density at radius 1 is 1.40 bits per heavy atom. The van der Waals surface area contributed by atoms with E-state index in [1.54, 1.807) is 4.90 Å². The number of hydrogen-bond donors (Lipinski definition) is 1. The first-order valence-electron chi connectivity index (χ1n) is 5.41. The zero-order valence-corrected chi connectivity index (χ0v) is 10.1. The number of fused-ring (bicyclic) bond motifs is 1. The van der Waals surface area contributed by atoms with Gasteiger partial charge in [-0.2, -0.15) is 0 Å². The fourth-order valence-electron chi connectivity index (χ4n) is 2.71. The summed E-state index contributed by atoms with van der Waals surface area (Å²) in [6.07, 6.45) is 0. The first-order valence-corrected chi connectivity index (χ1v) is 5.41. The van der Waals surface area contributed by atoms with Crippen LogP contribution in [0.2, 0.25) is 0 Å². The van der Waals surface area contributed by atoms with Gasteiger partial charge in [-0.3, -0.25) is 9.69 Å². The van der Waals surface area contributed by atoms with Gasteiger partial charge in [0.2, 0.25) is 5.91 Å². The van der Waals surface area contributed by atoms with Crippen LogP contribution in [0.15, 0.2) is 0 Å². The molecule has 15 heavy (non-hydrogen) atoms. The van der Waals surface area contributed by atoms with Crippen molar-refractivity contribution in [2.45, 2.75) is 46.0 Å². The van der Waals surface area contributed by atoms with E-state index in [9.17, 15) is 4.79 Å². The Morgan fingerprint density at radius 3 is 2.40 bits per heavy atom. The Hall–Kier alpha value is -0.610. The fourth-order valence-corrected chi connectivity index (χ4v) is 2.71. The number of rotatable bonds is 0. The van der Waals surface area contributed by atoms with E-state index in [4.69, 9.17) is 10.5 Å². The van der Waals surface area contributed by atoms with Crippen LogP contribution in [0.1, 0.15) is 34.6 Å². The summed E-state index contributed by atoms with van der Waals surface area (Å²) in [5.74, 6) is 0.0516. The van der Waals surface area contributed by atoms with Gasteiger partial charge in [-0.1, -0.05) is 20.8 Å². The van der Waals surface area contributed by atoms with Crippen molar-refractivity contribution in [2.24, 2.45) is 17.1 Å². The number of ether oxygens (including phenoxy) is 1. The predicted molar refractivity (Wildman–Crippen MR) is 56.7 cm³/mol. The molecule has 2 saturated heterocycles. The van der Waals surface area contributed by atoms with Gasteiger partial charge in [0.05, 0.1) is 6.61 Å². The second-order valence-corrected chi connectivity index (χ2v) is 5.78. The highest BCUT2D eigenvalue weighted by molar-refractivity contribution is 5.84. The zero-order chi connectivity index (χ0) is 11.6. The molecular weight excluding hydrogens is 192 g/mol. The molecule has 86 valence electrons. The minimum atomic E-state index is -0.660. The molecule has 2 aliphatic heterocycles. The molecule has 2 atom stereocenters. The number of carbonyl (C=O) groups excluding carboxylic acids is 1. The van der Waals surface area contributed by atoms with Crippen LogP contribution in [0.3, 0.4) is 0 Å². The average Bonchev–Trinajstić information content (AvgIpc) is 2.42. The topological polar surface area (TPSA) is 55.6 Å². The maximum absolute atomic E-state index is 12.2. The molecule has 0 aliphatic carbocycles. The van der Waals surface area contributed by atoms with Crippen LogP contribution in [0.4, 0.5) is 0 Å². The fraction of sp³-hybridized carbons (Fsp3) is 0.909. The molecule has 0 bridgehead atoms. The van der Waals surface area contributed by atoms with Gasteiger partial charge in [0.15, 0.2) is 0 Å². The number of nitrogens with zero attached hydrogens (tertiary/aromatic N) is 1. The number of carbonyl (C=O) groups is 1. The maximum atomic E-state index is 12.2. The molecule has 0 aromatic carbocycles. The molecule has 0 radical (unpaired) electrons. The molecular formula is C11H20N2O2. The standard InChI is InChI=1S/C11H20N2O2/c1-7-8(14)13-10(4,5)15-6-11(13,12)9(7,2)3/h7H,6,12H2,1-5H3/t7?,11-/m1/s1. The summed E-state index contributed by atoms with van der Waals surface area (Å²) in [7, 11) is 0. The van der Waals surface area contributed by atoms with E-state index in [0.717, 1.165) is 0 Å². The van der Waals surface area contributed by atoms with Crippen molar-refractivity contribution in [3.63, 3.8) is 0 Å². The molecule has 1 unspecified atom stereocenters. The summed E-state index contributed by atoms with van der Waals surface area (Å²) < 4.78 is 5.64. The van der Waals surface area contributed by atoms with Crippen molar-refractivity contribution in [3.05, 3.63) is 0 Å². The van der Waals surface area contributed by atoms with Crippen molar-refractivity contribution in [2.75, 3.05) is 6.61 Å². The van der Waals surface area contributed by atoms with E-state index >= 15 is 0 Å². The minimum absolute atomic E-state index is 0.0503. The van der Waals surface area contributed by atoms with Gasteiger partial charge in [0, 0.05) is 11.3 Å². The molecule has 2 heterocycles. The Labute approximate surface area is 90.8 Å². The third-order valence-electron chi connectivity index (χ3n) is 4.37. The lowest BCUT2D eigenvalue weighted by Crippen LogP contribution is -2.61.